The Bertz CT molecular complexity index is 1090. The highest BCUT2D eigenvalue weighted by atomic mass is 32.2. The quantitative estimate of drug-likeness (QED) is 0.679. The fourth-order valence-corrected chi connectivity index (χ4v) is 3.58. The number of aromatic amines is 1. The van der Waals surface area contributed by atoms with Crippen molar-refractivity contribution >= 4 is 10.0 Å². The molecule has 140 valence electrons. The van der Waals surface area contributed by atoms with Crippen LogP contribution in [0.4, 0.5) is 4.39 Å². The summed E-state index contributed by atoms with van der Waals surface area (Å²) in [5, 5.41) is 6.26. The highest BCUT2D eigenvalue weighted by molar-refractivity contribution is 7.89. The molecule has 0 aliphatic heterocycles. The smallest absolute Gasteiger partial charge is 0.267 e. The molecule has 27 heavy (non-hydrogen) atoms. The van der Waals surface area contributed by atoms with Crippen molar-refractivity contribution in [2.45, 2.75) is 24.8 Å². The minimum Gasteiger partial charge on any atom is -0.268 e. The van der Waals surface area contributed by atoms with Crippen LogP contribution in [0, 0.1) is 12.7 Å². The molecular formula is C19H18FN3O3S. The molecule has 0 spiro atoms. The molecule has 0 atom stereocenters. The molecule has 0 saturated carbocycles. The van der Waals surface area contributed by atoms with Gasteiger partial charge in [0.2, 0.25) is 10.0 Å². The lowest BCUT2D eigenvalue weighted by Gasteiger charge is -2.08. The van der Waals surface area contributed by atoms with Crippen LogP contribution in [0.3, 0.4) is 0 Å². The van der Waals surface area contributed by atoms with Crippen LogP contribution in [0.15, 0.2) is 64.3 Å². The van der Waals surface area contributed by atoms with Gasteiger partial charge in [-0.1, -0.05) is 24.3 Å². The number of halogens is 1. The predicted octanol–water partition coefficient (Wildman–Crippen LogP) is 2.29. The SMILES string of the molecule is Cc1cc(Cc2ccc(S(=O)(=O)NCc3ccc(F)cc3)cc2)c(=O)[nH]n1. The minimum absolute atomic E-state index is 0.0655. The van der Waals surface area contributed by atoms with E-state index in [1.807, 2.05) is 0 Å². The van der Waals surface area contributed by atoms with Gasteiger partial charge >= 0.3 is 0 Å². The summed E-state index contributed by atoms with van der Waals surface area (Å²) < 4.78 is 40.2. The zero-order valence-electron chi connectivity index (χ0n) is 14.6. The third-order valence-corrected chi connectivity index (χ3v) is 5.43. The Morgan fingerprint density at radius 2 is 1.67 bits per heavy atom. The summed E-state index contributed by atoms with van der Waals surface area (Å²) in [6, 6.07) is 13.6. The monoisotopic (exact) mass is 387 g/mol. The van der Waals surface area contributed by atoms with Gasteiger partial charge in [0.05, 0.1) is 10.6 Å². The number of aryl methyl sites for hydroxylation is 1. The number of hydrogen-bond donors (Lipinski definition) is 2. The Kier molecular flexibility index (Phi) is 5.48. The van der Waals surface area contributed by atoms with Crippen molar-refractivity contribution in [2.75, 3.05) is 0 Å². The van der Waals surface area contributed by atoms with Crippen molar-refractivity contribution in [3.05, 3.63) is 93.2 Å². The fourth-order valence-electron chi connectivity index (χ4n) is 2.56. The van der Waals surface area contributed by atoms with E-state index < -0.39 is 10.0 Å². The second kappa shape index (κ2) is 7.81. The van der Waals surface area contributed by atoms with Crippen molar-refractivity contribution in [1.82, 2.24) is 14.9 Å². The first-order chi connectivity index (χ1) is 12.8. The van der Waals surface area contributed by atoms with Crippen molar-refractivity contribution in [2.24, 2.45) is 0 Å². The van der Waals surface area contributed by atoms with Gasteiger partial charge in [-0.2, -0.15) is 5.10 Å². The highest BCUT2D eigenvalue weighted by Gasteiger charge is 2.14. The van der Waals surface area contributed by atoms with Crippen LogP contribution in [-0.4, -0.2) is 18.6 Å². The maximum absolute atomic E-state index is 12.9. The van der Waals surface area contributed by atoms with Gasteiger partial charge in [-0.05, 0) is 48.4 Å². The topological polar surface area (TPSA) is 91.9 Å². The first kappa shape index (κ1) is 18.9. The molecule has 3 aromatic rings. The zero-order valence-corrected chi connectivity index (χ0v) is 15.4. The van der Waals surface area contributed by atoms with Crippen LogP contribution in [0.5, 0.6) is 0 Å². The summed E-state index contributed by atoms with van der Waals surface area (Å²) in [5.41, 5.74) is 2.46. The molecule has 0 radical (unpaired) electrons. The summed E-state index contributed by atoms with van der Waals surface area (Å²) in [4.78, 5) is 11.9. The predicted molar refractivity (Wildman–Crippen MR) is 99.3 cm³/mol. The molecule has 0 amide bonds. The van der Waals surface area contributed by atoms with E-state index in [0.29, 0.717) is 23.2 Å². The molecule has 0 saturated heterocycles. The lowest BCUT2D eigenvalue weighted by atomic mass is 10.1. The van der Waals surface area contributed by atoms with E-state index >= 15 is 0 Å². The second-order valence-electron chi connectivity index (χ2n) is 6.14. The molecule has 0 fully saturated rings. The van der Waals surface area contributed by atoms with E-state index in [-0.39, 0.29) is 22.8 Å². The van der Waals surface area contributed by atoms with Crippen molar-refractivity contribution in [3.8, 4) is 0 Å². The molecule has 2 aromatic carbocycles. The number of sulfonamides is 1. The minimum atomic E-state index is -3.69. The molecule has 3 rings (SSSR count). The highest BCUT2D eigenvalue weighted by Crippen LogP contribution is 2.14. The van der Waals surface area contributed by atoms with Gasteiger partial charge in [0, 0.05) is 18.5 Å². The van der Waals surface area contributed by atoms with Crippen molar-refractivity contribution in [1.29, 1.82) is 0 Å². The van der Waals surface area contributed by atoms with E-state index in [2.05, 4.69) is 14.9 Å². The molecule has 2 N–H and O–H groups in total. The summed E-state index contributed by atoms with van der Waals surface area (Å²) in [5.74, 6) is -0.375. The molecule has 1 aromatic heterocycles. The largest absolute Gasteiger partial charge is 0.268 e. The lowest BCUT2D eigenvalue weighted by Crippen LogP contribution is -2.23. The molecule has 0 aliphatic rings. The third kappa shape index (κ3) is 4.87. The number of H-pyrrole nitrogens is 1. The van der Waals surface area contributed by atoms with Gasteiger partial charge in [0.25, 0.3) is 5.56 Å². The van der Waals surface area contributed by atoms with Crippen molar-refractivity contribution in [3.63, 3.8) is 0 Å². The van der Waals surface area contributed by atoms with Crippen LogP contribution in [0.2, 0.25) is 0 Å². The van der Waals surface area contributed by atoms with E-state index in [9.17, 15) is 17.6 Å². The molecular weight excluding hydrogens is 369 g/mol. The number of rotatable bonds is 6. The summed E-state index contributed by atoms with van der Waals surface area (Å²) in [7, 11) is -3.69. The Morgan fingerprint density at radius 1 is 1.04 bits per heavy atom. The summed E-state index contributed by atoms with van der Waals surface area (Å²) in [6.45, 7) is 1.85. The number of benzene rings is 2. The maximum atomic E-state index is 12.9. The van der Waals surface area contributed by atoms with Gasteiger partial charge in [0.15, 0.2) is 0 Å². The maximum Gasteiger partial charge on any atom is 0.267 e. The van der Waals surface area contributed by atoms with E-state index in [1.165, 1.54) is 36.4 Å². The third-order valence-electron chi connectivity index (χ3n) is 4.02. The van der Waals surface area contributed by atoms with Gasteiger partial charge in [-0.15, -0.1) is 0 Å². The Balaban J connectivity index is 1.70. The molecule has 0 bridgehead atoms. The number of hydrogen-bond acceptors (Lipinski definition) is 4. The first-order valence-electron chi connectivity index (χ1n) is 8.22. The average molecular weight is 387 g/mol. The number of nitrogens with zero attached hydrogens (tertiary/aromatic N) is 1. The standard InChI is InChI=1S/C19H18FN3O3S/c1-13-10-16(19(24)23-22-13)11-14-4-8-18(9-5-14)27(25,26)21-12-15-2-6-17(20)7-3-15/h2-10,21H,11-12H2,1H3,(H,23,24). The van der Waals surface area contributed by atoms with Crippen LogP contribution >= 0.6 is 0 Å². The molecule has 8 heteroatoms. The number of nitrogens with one attached hydrogen (secondary N) is 2. The van der Waals surface area contributed by atoms with Crippen LogP contribution in [0.1, 0.15) is 22.4 Å². The van der Waals surface area contributed by atoms with E-state index in [0.717, 1.165) is 5.56 Å². The summed E-state index contributed by atoms with van der Waals surface area (Å²) in [6.07, 6.45) is 0.377. The molecule has 0 aliphatic carbocycles. The second-order valence-corrected chi connectivity index (χ2v) is 7.90. The summed E-state index contributed by atoms with van der Waals surface area (Å²) >= 11 is 0. The van der Waals surface area contributed by atoms with E-state index in [1.54, 1.807) is 25.1 Å². The van der Waals surface area contributed by atoms with Gasteiger partial charge in [-0.3, -0.25) is 4.79 Å². The Labute approximate surface area is 156 Å². The Hall–Kier alpha value is -2.84. The van der Waals surface area contributed by atoms with Crippen LogP contribution in [-0.2, 0) is 23.0 Å². The fraction of sp³-hybridized carbons (Fsp3) is 0.158. The van der Waals surface area contributed by atoms with Crippen LogP contribution in [0.25, 0.3) is 0 Å². The molecule has 6 nitrogen and oxygen atoms in total. The zero-order chi connectivity index (χ0) is 19.4. The Morgan fingerprint density at radius 3 is 2.33 bits per heavy atom. The van der Waals surface area contributed by atoms with Gasteiger partial charge < -0.3 is 0 Å². The molecule has 0 unspecified atom stereocenters. The average Bonchev–Trinajstić information content (AvgIpc) is 2.65. The van der Waals surface area contributed by atoms with Crippen molar-refractivity contribution < 1.29 is 12.8 Å². The normalized spacial score (nSPS) is 11.5. The lowest BCUT2D eigenvalue weighted by molar-refractivity contribution is 0.581. The van der Waals surface area contributed by atoms with Crippen LogP contribution < -0.4 is 10.3 Å². The van der Waals surface area contributed by atoms with E-state index in [4.69, 9.17) is 0 Å². The van der Waals surface area contributed by atoms with Gasteiger partial charge in [0.1, 0.15) is 5.82 Å². The number of aromatic nitrogens is 2. The first-order valence-corrected chi connectivity index (χ1v) is 9.70. The van der Waals surface area contributed by atoms with Gasteiger partial charge in [-0.25, -0.2) is 22.6 Å². The molecule has 1 heterocycles.